The summed E-state index contributed by atoms with van der Waals surface area (Å²) in [5, 5.41) is 5.71. The molecule has 1 atom stereocenters. The molecule has 2 aliphatic rings. The van der Waals surface area contributed by atoms with E-state index in [2.05, 4.69) is 32.9 Å². The van der Waals surface area contributed by atoms with E-state index in [-0.39, 0.29) is 11.4 Å². The lowest BCUT2D eigenvalue weighted by Gasteiger charge is -2.21. The minimum atomic E-state index is -0.199. The number of pyridine rings is 1. The molecule has 1 aliphatic carbocycles. The smallest absolute Gasteiger partial charge is 0.254 e. The summed E-state index contributed by atoms with van der Waals surface area (Å²) in [5.74, 6) is 1.79. The standard InChI is InChI=1S/C26H32N4O2/c1-16-23-21(14-22(18-6-7-18)27-24(23)30(28-16)26(2,3)4)25(31)29-13-12-19(15-29)17-8-10-20(32-5)11-9-17/h8-11,14,18-19H,6-7,12-13,15H2,1-5H3. The first-order valence-electron chi connectivity index (χ1n) is 11.6. The van der Waals surface area contributed by atoms with Gasteiger partial charge in [-0.2, -0.15) is 5.10 Å². The molecule has 2 fully saturated rings. The van der Waals surface area contributed by atoms with Crippen LogP contribution in [-0.2, 0) is 5.54 Å². The number of rotatable bonds is 4. The van der Waals surface area contributed by atoms with Crippen LogP contribution in [0.3, 0.4) is 0 Å². The molecule has 1 aliphatic heterocycles. The van der Waals surface area contributed by atoms with Gasteiger partial charge in [0.05, 0.1) is 29.3 Å². The number of aromatic nitrogens is 3. The van der Waals surface area contributed by atoms with Crippen LogP contribution in [0, 0.1) is 6.92 Å². The van der Waals surface area contributed by atoms with Crippen molar-refractivity contribution in [3.8, 4) is 5.75 Å². The quantitative estimate of drug-likeness (QED) is 0.581. The molecule has 1 saturated carbocycles. The molecule has 1 amide bonds. The van der Waals surface area contributed by atoms with Crippen LogP contribution < -0.4 is 4.74 Å². The van der Waals surface area contributed by atoms with E-state index in [9.17, 15) is 4.79 Å². The topological polar surface area (TPSA) is 60.2 Å². The zero-order valence-corrected chi connectivity index (χ0v) is 19.7. The lowest BCUT2D eigenvalue weighted by atomic mass is 9.98. The third-order valence-electron chi connectivity index (χ3n) is 6.76. The van der Waals surface area contributed by atoms with Gasteiger partial charge in [0.2, 0.25) is 0 Å². The number of likely N-dealkylation sites (tertiary alicyclic amines) is 1. The Labute approximate surface area is 189 Å². The number of benzene rings is 1. The predicted molar refractivity (Wildman–Crippen MR) is 125 cm³/mol. The monoisotopic (exact) mass is 432 g/mol. The van der Waals surface area contributed by atoms with Gasteiger partial charge in [-0.3, -0.25) is 4.79 Å². The van der Waals surface area contributed by atoms with Crippen LogP contribution in [0.4, 0.5) is 0 Å². The van der Waals surface area contributed by atoms with Crippen molar-refractivity contribution in [2.75, 3.05) is 20.2 Å². The number of nitrogens with zero attached hydrogens (tertiary/aromatic N) is 4. The van der Waals surface area contributed by atoms with Gasteiger partial charge in [-0.05, 0) is 70.7 Å². The Kier molecular flexibility index (Phi) is 4.99. The molecule has 32 heavy (non-hydrogen) atoms. The van der Waals surface area contributed by atoms with Crippen LogP contribution >= 0.6 is 0 Å². The maximum atomic E-state index is 13.8. The van der Waals surface area contributed by atoms with Gasteiger partial charge in [0, 0.05) is 30.6 Å². The molecular formula is C26H32N4O2. The van der Waals surface area contributed by atoms with E-state index >= 15 is 0 Å². The number of amides is 1. The second kappa shape index (κ2) is 7.61. The Hall–Kier alpha value is -2.89. The van der Waals surface area contributed by atoms with E-state index in [1.54, 1.807) is 7.11 Å². The molecule has 0 N–H and O–H groups in total. The summed E-state index contributed by atoms with van der Waals surface area (Å²) < 4.78 is 7.27. The van der Waals surface area contributed by atoms with Crippen LogP contribution in [0.1, 0.15) is 79.2 Å². The van der Waals surface area contributed by atoms with Gasteiger partial charge in [-0.25, -0.2) is 9.67 Å². The van der Waals surface area contributed by atoms with Crippen molar-refractivity contribution in [1.82, 2.24) is 19.7 Å². The van der Waals surface area contributed by atoms with Crippen molar-refractivity contribution in [3.05, 3.63) is 52.8 Å². The van der Waals surface area contributed by atoms with Crippen molar-refractivity contribution in [2.45, 2.75) is 64.3 Å². The number of hydrogen-bond donors (Lipinski definition) is 0. The van der Waals surface area contributed by atoms with Gasteiger partial charge in [0.15, 0.2) is 5.65 Å². The van der Waals surface area contributed by atoms with Gasteiger partial charge in [0.1, 0.15) is 5.75 Å². The maximum absolute atomic E-state index is 13.8. The molecule has 3 heterocycles. The molecule has 6 heteroatoms. The summed E-state index contributed by atoms with van der Waals surface area (Å²) in [6, 6.07) is 10.3. The van der Waals surface area contributed by atoms with Crippen molar-refractivity contribution >= 4 is 16.9 Å². The molecule has 1 saturated heterocycles. The Balaban J connectivity index is 1.50. The molecule has 2 aromatic heterocycles. The average Bonchev–Trinajstić information content (AvgIpc) is 3.41. The van der Waals surface area contributed by atoms with Gasteiger partial charge in [0.25, 0.3) is 5.91 Å². The summed E-state index contributed by atoms with van der Waals surface area (Å²) >= 11 is 0. The van der Waals surface area contributed by atoms with Crippen LogP contribution in [0.25, 0.3) is 11.0 Å². The molecule has 6 nitrogen and oxygen atoms in total. The van der Waals surface area contributed by atoms with Crippen LogP contribution in [-0.4, -0.2) is 45.8 Å². The Bertz CT molecular complexity index is 1170. The van der Waals surface area contributed by atoms with Gasteiger partial charge in [-0.15, -0.1) is 0 Å². The third kappa shape index (κ3) is 3.65. The van der Waals surface area contributed by atoms with Gasteiger partial charge < -0.3 is 9.64 Å². The molecule has 3 aromatic rings. The number of hydrogen-bond acceptors (Lipinski definition) is 4. The van der Waals surface area contributed by atoms with E-state index in [1.807, 2.05) is 34.7 Å². The van der Waals surface area contributed by atoms with E-state index in [1.165, 1.54) is 5.56 Å². The maximum Gasteiger partial charge on any atom is 0.254 e. The zero-order valence-electron chi connectivity index (χ0n) is 19.7. The zero-order chi connectivity index (χ0) is 22.6. The molecular weight excluding hydrogens is 400 g/mol. The van der Waals surface area contributed by atoms with E-state index in [4.69, 9.17) is 14.8 Å². The molecule has 1 aromatic carbocycles. The van der Waals surface area contributed by atoms with Gasteiger partial charge in [-0.1, -0.05) is 12.1 Å². The number of carbonyl (C=O) groups is 1. The largest absolute Gasteiger partial charge is 0.497 e. The fourth-order valence-corrected chi connectivity index (χ4v) is 4.80. The minimum Gasteiger partial charge on any atom is -0.497 e. The summed E-state index contributed by atoms with van der Waals surface area (Å²) in [4.78, 5) is 20.8. The average molecular weight is 433 g/mol. The lowest BCUT2D eigenvalue weighted by molar-refractivity contribution is 0.0792. The molecule has 0 radical (unpaired) electrons. The first-order chi connectivity index (χ1) is 15.3. The first kappa shape index (κ1) is 21.0. The number of carbonyl (C=O) groups excluding carboxylic acids is 1. The molecule has 0 bridgehead atoms. The van der Waals surface area contributed by atoms with E-state index in [0.717, 1.165) is 66.1 Å². The Morgan fingerprint density at radius 3 is 2.44 bits per heavy atom. The number of ether oxygens (including phenoxy) is 1. The molecule has 0 spiro atoms. The molecule has 5 rings (SSSR count). The summed E-state index contributed by atoms with van der Waals surface area (Å²) in [6.07, 6.45) is 3.28. The van der Waals surface area contributed by atoms with Crippen molar-refractivity contribution in [2.24, 2.45) is 0 Å². The summed E-state index contributed by atoms with van der Waals surface area (Å²) in [7, 11) is 1.68. The highest BCUT2D eigenvalue weighted by Gasteiger charge is 2.33. The number of methoxy groups -OCH3 is 1. The normalized spacial score (nSPS) is 19.0. The van der Waals surface area contributed by atoms with Crippen molar-refractivity contribution in [1.29, 1.82) is 0 Å². The highest BCUT2D eigenvalue weighted by atomic mass is 16.5. The third-order valence-corrected chi connectivity index (χ3v) is 6.76. The van der Waals surface area contributed by atoms with Crippen LogP contribution in [0.5, 0.6) is 5.75 Å². The fourth-order valence-electron chi connectivity index (χ4n) is 4.80. The minimum absolute atomic E-state index is 0.104. The van der Waals surface area contributed by atoms with E-state index < -0.39 is 0 Å². The Morgan fingerprint density at radius 1 is 1.09 bits per heavy atom. The lowest BCUT2D eigenvalue weighted by Crippen LogP contribution is -2.29. The second-order valence-electron chi connectivity index (χ2n) is 10.2. The molecule has 168 valence electrons. The van der Waals surface area contributed by atoms with Gasteiger partial charge >= 0.3 is 0 Å². The molecule has 1 unspecified atom stereocenters. The van der Waals surface area contributed by atoms with Crippen LogP contribution in [0.15, 0.2) is 30.3 Å². The summed E-state index contributed by atoms with van der Waals surface area (Å²) in [6.45, 7) is 9.89. The second-order valence-corrected chi connectivity index (χ2v) is 10.2. The SMILES string of the molecule is COc1ccc(C2CCN(C(=O)c3cc(C4CC4)nc4c3c(C)nn4C(C)(C)C)C2)cc1. The summed E-state index contributed by atoms with van der Waals surface area (Å²) in [5.41, 5.74) is 4.58. The highest BCUT2D eigenvalue weighted by Crippen LogP contribution is 2.41. The van der Waals surface area contributed by atoms with E-state index in [0.29, 0.717) is 11.8 Å². The Morgan fingerprint density at radius 2 is 1.81 bits per heavy atom. The highest BCUT2D eigenvalue weighted by molar-refractivity contribution is 6.06. The van der Waals surface area contributed by atoms with Crippen molar-refractivity contribution in [3.63, 3.8) is 0 Å². The van der Waals surface area contributed by atoms with Crippen molar-refractivity contribution < 1.29 is 9.53 Å². The predicted octanol–water partition coefficient (Wildman–Crippen LogP) is 5.01. The number of fused-ring (bicyclic) bond motifs is 1. The fraction of sp³-hybridized carbons (Fsp3) is 0.500. The first-order valence-corrected chi connectivity index (χ1v) is 11.6. The number of aryl methyl sites for hydroxylation is 1. The van der Waals surface area contributed by atoms with Crippen LogP contribution in [0.2, 0.25) is 0 Å².